The van der Waals surface area contributed by atoms with Crippen molar-refractivity contribution in [2.45, 2.75) is 19.6 Å². The molecule has 0 aliphatic carbocycles. The van der Waals surface area contributed by atoms with Crippen molar-refractivity contribution in [1.82, 2.24) is 0 Å². The molecule has 0 aromatic heterocycles. The van der Waals surface area contributed by atoms with Crippen LogP contribution in [0.2, 0.25) is 19.6 Å². The number of rotatable bonds is 1. The van der Waals surface area contributed by atoms with Crippen LogP contribution in [0.15, 0.2) is 0 Å². The maximum Gasteiger partial charge on any atom is 0.130 e. The molecule has 52 valence electrons. The Kier molecular flexibility index (Phi) is 4.46. The van der Waals surface area contributed by atoms with Crippen LogP contribution in [0.4, 0.5) is 0 Å². The third kappa shape index (κ3) is 8.42. The van der Waals surface area contributed by atoms with Gasteiger partial charge in [0.2, 0.25) is 0 Å². The zero-order valence-electron chi connectivity index (χ0n) is 5.99. The highest BCUT2D eigenvalue weighted by molar-refractivity contribution is 8.04. The van der Waals surface area contributed by atoms with Crippen molar-refractivity contribution < 1.29 is 0 Å². The first-order valence-electron chi connectivity index (χ1n) is 2.76. The fourth-order valence-electron chi connectivity index (χ4n) is 0.216. The van der Waals surface area contributed by atoms with E-state index in [0.29, 0.717) is 5.21 Å². The van der Waals surface area contributed by atoms with Crippen LogP contribution in [0.3, 0.4) is 0 Å². The molecule has 0 aliphatic rings. The fraction of sp³-hybridized carbons (Fsp3) is 0.667. The summed E-state index contributed by atoms with van der Waals surface area (Å²) in [6, 6.07) is 0. The molecule has 0 nitrogen and oxygen atoms in total. The molecule has 0 unspecified atom stereocenters. The maximum absolute atomic E-state index is 5.41. The van der Waals surface area contributed by atoms with E-state index in [-0.39, 0.29) is 0 Å². The Bertz CT molecular complexity index is 128. The molecule has 0 heterocycles. The van der Waals surface area contributed by atoms with Crippen molar-refractivity contribution in [3.63, 3.8) is 0 Å². The van der Waals surface area contributed by atoms with Gasteiger partial charge in [0.15, 0.2) is 0 Å². The molecule has 0 N–H and O–H groups in total. The highest BCUT2D eigenvalue weighted by atomic mass is 35.5. The molecule has 9 heavy (non-hydrogen) atoms. The molecule has 0 aromatic carbocycles. The van der Waals surface area contributed by atoms with Crippen LogP contribution in [0, 0.1) is 10.8 Å². The Morgan fingerprint density at radius 1 is 1.44 bits per heavy atom. The SMILES string of the molecule is C[Si](C)(C)C#CSCCl. The van der Waals surface area contributed by atoms with Crippen LogP contribution in [0.5, 0.6) is 0 Å². The Balaban J connectivity index is 3.59. The summed E-state index contributed by atoms with van der Waals surface area (Å²) in [5.74, 6) is 0. The summed E-state index contributed by atoms with van der Waals surface area (Å²) >= 11 is 6.88. The molecule has 0 aliphatic heterocycles. The van der Waals surface area contributed by atoms with Gasteiger partial charge in [-0.3, -0.25) is 0 Å². The Labute approximate surface area is 67.4 Å². The molecular weight excluding hydrogens is 168 g/mol. The molecule has 0 bridgehead atoms. The number of halogens is 1. The zero-order chi connectivity index (χ0) is 7.33. The van der Waals surface area contributed by atoms with Gasteiger partial charge in [0.05, 0.1) is 5.21 Å². The summed E-state index contributed by atoms with van der Waals surface area (Å²) < 4.78 is 0. The van der Waals surface area contributed by atoms with Crippen LogP contribution < -0.4 is 0 Å². The Morgan fingerprint density at radius 3 is 2.33 bits per heavy atom. The molecule has 3 heteroatoms. The average molecular weight is 179 g/mol. The van der Waals surface area contributed by atoms with Crippen molar-refractivity contribution in [2.75, 3.05) is 5.21 Å². The molecule has 0 saturated heterocycles. The predicted molar refractivity (Wildman–Crippen MR) is 49.4 cm³/mol. The summed E-state index contributed by atoms with van der Waals surface area (Å²) in [7, 11) is -1.14. The fourth-order valence-corrected chi connectivity index (χ4v) is 1.95. The number of thioether (sulfide) groups is 1. The Hall–Kier alpha value is 0.417. The largest absolute Gasteiger partial charge is 0.130 e. The van der Waals surface area contributed by atoms with Crippen LogP contribution in [-0.4, -0.2) is 13.3 Å². The number of hydrogen-bond donors (Lipinski definition) is 0. The molecule has 0 fully saturated rings. The van der Waals surface area contributed by atoms with E-state index in [4.69, 9.17) is 11.6 Å². The highest BCUT2D eigenvalue weighted by Gasteiger charge is 2.06. The maximum atomic E-state index is 5.41. The lowest BCUT2D eigenvalue weighted by molar-refractivity contribution is 1.82. The number of hydrogen-bond acceptors (Lipinski definition) is 1. The van der Waals surface area contributed by atoms with E-state index in [1.165, 1.54) is 11.8 Å². The first-order valence-corrected chi connectivity index (χ1v) is 7.78. The van der Waals surface area contributed by atoms with Crippen LogP contribution in [0.25, 0.3) is 0 Å². The normalized spacial score (nSPS) is 10.2. The molecule has 0 atom stereocenters. The second-order valence-electron chi connectivity index (χ2n) is 2.73. The van der Waals surface area contributed by atoms with Gasteiger partial charge in [-0.05, 0) is 5.25 Å². The molecule has 0 amide bonds. The molecular formula is C6H11ClSSi. The minimum absolute atomic E-state index is 0.581. The molecule has 0 rings (SSSR count). The summed E-state index contributed by atoms with van der Waals surface area (Å²) in [4.78, 5) is 0. The van der Waals surface area contributed by atoms with Gasteiger partial charge in [-0.1, -0.05) is 31.4 Å². The third-order valence-electron chi connectivity index (χ3n) is 0.553. The average Bonchev–Trinajstić information content (AvgIpc) is 1.63. The number of alkyl halides is 1. The van der Waals surface area contributed by atoms with Gasteiger partial charge in [0.25, 0.3) is 0 Å². The van der Waals surface area contributed by atoms with Gasteiger partial charge >= 0.3 is 0 Å². The van der Waals surface area contributed by atoms with Crippen LogP contribution in [-0.2, 0) is 0 Å². The lowest BCUT2D eigenvalue weighted by atomic mass is 11.4. The molecule has 0 spiro atoms. The minimum atomic E-state index is -1.14. The van der Waals surface area contributed by atoms with Crippen LogP contribution >= 0.6 is 23.4 Å². The van der Waals surface area contributed by atoms with E-state index in [0.717, 1.165) is 0 Å². The summed E-state index contributed by atoms with van der Waals surface area (Å²) in [6.07, 6.45) is 0. The molecule has 0 saturated carbocycles. The van der Waals surface area contributed by atoms with Crippen molar-refractivity contribution in [1.29, 1.82) is 0 Å². The first kappa shape index (κ1) is 9.42. The van der Waals surface area contributed by atoms with Crippen molar-refractivity contribution in [3.8, 4) is 10.8 Å². The smallest absolute Gasteiger partial charge is 0.120 e. The third-order valence-corrected chi connectivity index (χ3v) is 2.29. The van der Waals surface area contributed by atoms with Gasteiger partial charge in [0.1, 0.15) is 8.07 Å². The monoisotopic (exact) mass is 178 g/mol. The van der Waals surface area contributed by atoms with Crippen molar-refractivity contribution in [3.05, 3.63) is 0 Å². The quantitative estimate of drug-likeness (QED) is 0.338. The highest BCUT2D eigenvalue weighted by Crippen LogP contribution is 2.02. The Morgan fingerprint density at radius 2 is 2.00 bits per heavy atom. The summed E-state index contributed by atoms with van der Waals surface area (Å²) in [5.41, 5.74) is 3.19. The zero-order valence-corrected chi connectivity index (χ0v) is 8.57. The van der Waals surface area contributed by atoms with Crippen molar-refractivity contribution in [2.24, 2.45) is 0 Å². The van der Waals surface area contributed by atoms with Gasteiger partial charge in [-0.2, -0.15) is 0 Å². The van der Waals surface area contributed by atoms with E-state index < -0.39 is 8.07 Å². The second kappa shape index (κ2) is 4.27. The van der Waals surface area contributed by atoms with Crippen molar-refractivity contribution >= 4 is 31.4 Å². The van der Waals surface area contributed by atoms with Crippen LogP contribution in [0.1, 0.15) is 0 Å². The second-order valence-corrected chi connectivity index (χ2v) is 8.85. The predicted octanol–water partition coefficient (Wildman–Crippen LogP) is 2.75. The van der Waals surface area contributed by atoms with Gasteiger partial charge in [-0.25, -0.2) is 0 Å². The first-order chi connectivity index (χ1) is 4.06. The minimum Gasteiger partial charge on any atom is -0.120 e. The summed E-state index contributed by atoms with van der Waals surface area (Å²) in [5, 5.41) is 3.55. The van der Waals surface area contributed by atoms with E-state index >= 15 is 0 Å². The van der Waals surface area contributed by atoms with E-state index in [9.17, 15) is 0 Å². The van der Waals surface area contributed by atoms with E-state index in [2.05, 4.69) is 30.4 Å². The standard InChI is InChI=1S/C6H11ClSSi/c1-9(2,3)5-4-8-6-7/h6H2,1-3H3. The molecule has 0 aromatic rings. The van der Waals surface area contributed by atoms with Gasteiger partial charge < -0.3 is 0 Å². The topological polar surface area (TPSA) is 0 Å². The van der Waals surface area contributed by atoms with Gasteiger partial charge in [-0.15, -0.1) is 17.1 Å². The molecule has 0 radical (unpaired) electrons. The lowest BCUT2D eigenvalue weighted by Crippen LogP contribution is -2.15. The van der Waals surface area contributed by atoms with E-state index in [1.54, 1.807) is 0 Å². The summed E-state index contributed by atoms with van der Waals surface area (Å²) in [6.45, 7) is 6.65. The van der Waals surface area contributed by atoms with Gasteiger partial charge in [0, 0.05) is 0 Å². The lowest BCUT2D eigenvalue weighted by Gasteiger charge is -2.02. The van der Waals surface area contributed by atoms with E-state index in [1.807, 2.05) is 0 Å².